The summed E-state index contributed by atoms with van der Waals surface area (Å²) in [7, 11) is 2.16. The molecule has 1 aliphatic rings. The van der Waals surface area contributed by atoms with Crippen LogP contribution < -0.4 is 4.90 Å². The highest BCUT2D eigenvalue weighted by Gasteiger charge is 2.15. The van der Waals surface area contributed by atoms with Gasteiger partial charge in [0.1, 0.15) is 0 Å². The quantitative estimate of drug-likeness (QED) is 0.683. The molecule has 1 aromatic heterocycles. The van der Waals surface area contributed by atoms with E-state index in [0.29, 0.717) is 0 Å². The normalized spacial score (nSPS) is 14.3. The van der Waals surface area contributed by atoms with Crippen molar-refractivity contribution >= 4 is 5.69 Å². The molecular weight excluding hydrogens is 184 g/mol. The van der Waals surface area contributed by atoms with Gasteiger partial charge < -0.3 is 9.47 Å². The topological polar surface area (TPSA) is 8.17 Å². The molecule has 2 heteroatoms. The van der Waals surface area contributed by atoms with Gasteiger partial charge in [-0.25, -0.2) is 0 Å². The summed E-state index contributed by atoms with van der Waals surface area (Å²) in [6.07, 6.45) is 5.34. The Morgan fingerprint density at radius 2 is 1.93 bits per heavy atom. The molecule has 0 bridgehead atoms. The molecule has 0 radical (unpaired) electrons. The van der Waals surface area contributed by atoms with E-state index in [1.165, 1.54) is 23.4 Å². The predicted molar refractivity (Wildman–Crippen MR) is 62.7 cm³/mol. The van der Waals surface area contributed by atoms with Crippen LogP contribution in [0.15, 0.2) is 42.7 Å². The number of anilines is 1. The Kier molecular flexibility index (Phi) is 1.81. The molecule has 0 aliphatic carbocycles. The van der Waals surface area contributed by atoms with Crippen LogP contribution >= 0.6 is 0 Å². The van der Waals surface area contributed by atoms with Gasteiger partial charge in [-0.05, 0) is 36.2 Å². The lowest BCUT2D eigenvalue weighted by atomic mass is 10.1. The summed E-state index contributed by atoms with van der Waals surface area (Å²) in [6.45, 7) is 1.14. The molecule has 0 atom stereocenters. The molecule has 0 spiro atoms. The fraction of sp³-hybridized carbons (Fsp3) is 0.231. The third kappa shape index (κ3) is 1.33. The van der Waals surface area contributed by atoms with Crippen LogP contribution in [-0.2, 0) is 6.42 Å². The Morgan fingerprint density at radius 1 is 1.13 bits per heavy atom. The minimum atomic E-state index is 1.14. The molecule has 1 aliphatic heterocycles. The average Bonchev–Trinajstić information content (AvgIpc) is 2.88. The van der Waals surface area contributed by atoms with Crippen molar-refractivity contribution in [1.29, 1.82) is 0 Å². The molecule has 0 saturated heterocycles. The summed E-state index contributed by atoms with van der Waals surface area (Å²) in [5.41, 5.74) is 4.09. The summed E-state index contributed by atoms with van der Waals surface area (Å²) < 4.78 is 2.15. The van der Waals surface area contributed by atoms with E-state index in [-0.39, 0.29) is 0 Å². The zero-order valence-electron chi connectivity index (χ0n) is 8.85. The monoisotopic (exact) mass is 198 g/mol. The first kappa shape index (κ1) is 8.60. The van der Waals surface area contributed by atoms with Crippen LogP contribution in [-0.4, -0.2) is 18.2 Å². The van der Waals surface area contributed by atoms with Gasteiger partial charge in [0.05, 0.1) is 0 Å². The highest BCUT2D eigenvalue weighted by molar-refractivity contribution is 5.62. The van der Waals surface area contributed by atoms with Crippen LogP contribution in [0.4, 0.5) is 5.69 Å². The number of rotatable bonds is 1. The lowest BCUT2D eigenvalue weighted by molar-refractivity contribution is 0.955. The van der Waals surface area contributed by atoms with Crippen molar-refractivity contribution in [3.05, 3.63) is 48.3 Å². The van der Waals surface area contributed by atoms with Crippen LogP contribution in [0.1, 0.15) is 5.56 Å². The van der Waals surface area contributed by atoms with Crippen molar-refractivity contribution in [2.24, 2.45) is 0 Å². The number of benzene rings is 1. The molecule has 0 saturated carbocycles. The Labute approximate surface area is 89.8 Å². The van der Waals surface area contributed by atoms with Gasteiger partial charge in [-0.2, -0.15) is 0 Å². The van der Waals surface area contributed by atoms with Gasteiger partial charge in [0, 0.05) is 37.4 Å². The fourth-order valence-corrected chi connectivity index (χ4v) is 2.19. The largest absolute Gasteiger partial charge is 0.374 e. The molecule has 1 aromatic carbocycles. The highest BCUT2D eigenvalue weighted by atomic mass is 15.1. The van der Waals surface area contributed by atoms with Crippen molar-refractivity contribution in [2.75, 3.05) is 18.5 Å². The number of hydrogen-bond acceptors (Lipinski definition) is 1. The van der Waals surface area contributed by atoms with Gasteiger partial charge in [-0.1, -0.05) is 6.07 Å². The van der Waals surface area contributed by atoms with E-state index in [0.717, 1.165) is 6.54 Å². The van der Waals surface area contributed by atoms with E-state index >= 15 is 0 Å². The van der Waals surface area contributed by atoms with Crippen molar-refractivity contribution < 1.29 is 0 Å². The third-order valence-electron chi connectivity index (χ3n) is 3.10. The number of likely N-dealkylation sites (N-methyl/N-ethyl adjacent to an activating group) is 1. The molecule has 15 heavy (non-hydrogen) atoms. The number of hydrogen-bond donors (Lipinski definition) is 0. The second kappa shape index (κ2) is 3.16. The van der Waals surface area contributed by atoms with E-state index in [9.17, 15) is 0 Å². The van der Waals surface area contributed by atoms with Gasteiger partial charge in [-0.15, -0.1) is 0 Å². The first-order valence-electron chi connectivity index (χ1n) is 5.32. The maximum Gasteiger partial charge on any atom is 0.0470 e. The second-order valence-electron chi connectivity index (χ2n) is 4.07. The van der Waals surface area contributed by atoms with E-state index in [4.69, 9.17) is 0 Å². The lowest BCUT2D eigenvalue weighted by Gasteiger charge is -2.13. The van der Waals surface area contributed by atoms with Crippen molar-refractivity contribution in [2.45, 2.75) is 6.42 Å². The molecular formula is C13H14N2. The molecule has 76 valence electrons. The SMILES string of the molecule is CN1CCc2ccc(-n3cccc3)cc21. The van der Waals surface area contributed by atoms with Crippen molar-refractivity contribution in [3.8, 4) is 5.69 Å². The van der Waals surface area contributed by atoms with Crippen molar-refractivity contribution in [3.63, 3.8) is 0 Å². The standard InChI is InChI=1S/C13H14N2/c1-14-9-6-11-4-5-12(10-13(11)14)15-7-2-3-8-15/h2-5,7-8,10H,6,9H2,1H3. The smallest absolute Gasteiger partial charge is 0.0470 e. The Bertz CT molecular complexity index is 471. The minimum absolute atomic E-state index is 1.14. The summed E-state index contributed by atoms with van der Waals surface area (Å²) in [5.74, 6) is 0. The van der Waals surface area contributed by atoms with Gasteiger partial charge in [0.15, 0.2) is 0 Å². The van der Waals surface area contributed by atoms with Crippen LogP contribution in [0.5, 0.6) is 0 Å². The zero-order chi connectivity index (χ0) is 10.3. The van der Waals surface area contributed by atoms with Gasteiger partial charge in [-0.3, -0.25) is 0 Å². The third-order valence-corrected chi connectivity index (χ3v) is 3.10. The molecule has 2 aromatic rings. The van der Waals surface area contributed by atoms with Gasteiger partial charge in [0.25, 0.3) is 0 Å². The van der Waals surface area contributed by atoms with E-state index in [1.807, 2.05) is 0 Å². The average molecular weight is 198 g/mol. The molecule has 2 heterocycles. The van der Waals surface area contributed by atoms with E-state index in [2.05, 4.69) is 59.2 Å². The van der Waals surface area contributed by atoms with E-state index < -0.39 is 0 Å². The molecule has 0 N–H and O–H groups in total. The van der Waals surface area contributed by atoms with Gasteiger partial charge in [0.2, 0.25) is 0 Å². The van der Waals surface area contributed by atoms with Crippen LogP contribution in [0, 0.1) is 0 Å². The first-order chi connectivity index (χ1) is 7.34. The minimum Gasteiger partial charge on any atom is -0.374 e. The second-order valence-corrected chi connectivity index (χ2v) is 4.07. The molecule has 0 fully saturated rings. The molecule has 0 unspecified atom stereocenters. The summed E-state index contributed by atoms with van der Waals surface area (Å²) >= 11 is 0. The highest BCUT2D eigenvalue weighted by Crippen LogP contribution is 2.28. The molecule has 3 rings (SSSR count). The molecule has 0 amide bonds. The predicted octanol–water partition coefficient (Wildman–Crippen LogP) is 2.47. The van der Waals surface area contributed by atoms with Crippen LogP contribution in [0.25, 0.3) is 5.69 Å². The molecule has 2 nitrogen and oxygen atoms in total. The Morgan fingerprint density at radius 3 is 2.73 bits per heavy atom. The summed E-state index contributed by atoms with van der Waals surface area (Å²) in [4.78, 5) is 2.32. The number of nitrogens with zero attached hydrogens (tertiary/aromatic N) is 2. The van der Waals surface area contributed by atoms with Gasteiger partial charge >= 0.3 is 0 Å². The number of aromatic nitrogens is 1. The van der Waals surface area contributed by atoms with E-state index in [1.54, 1.807) is 0 Å². The zero-order valence-corrected chi connectivity index (χ0v) is 8.85. The Hall–Kier alpha value is -1.70. The summed E-state index contributed by atoms with van der Waals surface area (Å²) in [6, 6.07) is 10.8. The first-order valence-corrected chi connectivity index (χ1v) is 5.32. The lowest BCUT2D eigenvalue weighted by Crippen LogP contribution is -2.12. The number of fused-ring (bicyclic) bond motifs is 1. The fourth-order valence-electron chi connectivity index (χ4n) is 2.19. The van der Waals surface area contributed by atoms with Crippen molar-refractivity contribution in [1.82, 2.24) is 4.57 Å². The summed E-state index contributed by atoms with van der Waals surface area (Å²) in [5, 5.41) is 0. The maximum atomic E-state index is 2.32. The van der Waals surface area contributed by atoms with Crippen LogP contribution in [0.3, 0.4) is 0 Å². The maximum absolute atomic E-state index is 2.32. The van der Waals surface area contributed by atoms with Crippen LogP contribution in [0.2, 0.25) is 0 Å². The Balaban J connectivity index is 2.09.